The molecule has 0 unspecified atom stereocenters. The van der Waals surface area contributed by atoms with Crippen molar-refractivity contribution in [1.82, 2.24) is 0 Å². The Bertz CT molecular complexity index is 3610. The van der Waals surface area contributed by atoms with Gasteiger partial charge in [-0.3, -0.25) is 0 Å². The van der Waals surface area contributed by atoms with E-state index in [0.29, 0.717) is 0 Å². The van der Waals surface area contributed by atoms with Crippen LogP contribution in [0, 0.1) is 20.8 Å². The second-order valence-electron chi connectivity index (χ2n) is 19.5. The first kappa shape index (κ1) is 41.3. The molecule has 3 heterocycles. The molecule has 1 aromatic heterocycles. The molecule has 330 valence electrons. The Hall–Kier alpha value is -7.86. The van der Waals surface area contributed by atoms with E-state index in [1.54, 1.807) is 0 Å². The zero-order valence-electron chi connectivity index (χ0n) is 39.5. The molecule has 0 bridgehead atoms. The highest BCUT2D eigenvalue weighted by Crippen LogP contribution is 2.57. The third-order valence-electron chi connectivity index (χ3n) is 14.9. The SMILES string of the molecule is Cc1cc2c3c(c1)N(c1c(C)cccc1C)c1cc(N(c4ccccc4)c4ccccc4)ccc1B3C1=C(c3ccccc3C1(C)C)N2c1cc(-c2ccccc2)cc(-c2cc3ccccc3s2)c1. The minimum atomic E-state index is -0.295. The quantitative estimate of drug-likeness (QED) is 0.148. The molecule has 5 heteroatoms. The number of benzene rings is 9. The maximum absolute atomic E-state index is 2.66. The molecule has 1 aliphatic carbocycles. The van der Waals surface area contributed by atoms with Gasteiger partial charge in [0, 0.05) is 66.1 Å². The Morgan fingerprint density at radius 3 is 1.83 bits per heavy atom. The van der Waals surface area contributed by atoms with Gasteiger partial charge < -0.3 is 14.7 Å². The van der Waals surface area contributed by atoms with Crippen LogP contribution in [-0.4, -0.2) is 6.71 Å². The zero-order valence-corrected chi connectivity index (χ0v) is 40.4. The number of fused-ring (bicyclic) bond motifs is 6. The van der Waals surface area contributed by atoms with Crippen LogP contribution in [0.15, 0.2) is 218 Å². The van der Waals surface area contributed by atoms with Crippen LogP contribution in [0.5, 0.6) is 0 Å². The molecule has 0 fully saturated rings. The number of para-hydroxylation sites is 3. The minimum absolute atomic E-state index is 0.0184. The molecule has 3 aliphatic rings. The average molecular weight is 904 g/mol. The molecule has 0 amide bonds. The second kappa shape index (κ2) is 15.9. The van der Waals surface area contributed by atoms with Crippen LogP contribution in [0.3, 0.4) is 0 Å². The van der Waals surface area contributed by atoms with Crippen LogP contribution in [0.1, 0.15) is 41.7 Å². The topological polar surface area (TPSA) is 9.72 Å². The summed E-state index contributed by atoms with van der Waals surface area (Å²) in [4.78, 5) is 8.94. The van der Waals surface area contributed by atoms with Gasteiger partial charge in [0.25, 0.3) is 0 Å². The van der Waals surface area contributed by atoms with Gasteiger partial charge in [0.2, 0.25) is 6.71 Å². The first-order chi connectivity index (χ1) is 33.7. The summed E-state index contributed by atoms with van der Waals surface area (Å²) in [5.41, 5.74) is 24.5. The lowest BCUT2D eigenvalue weighted by Crippen LogP contribution is -2.57. The smallest absolute Gasteiger partial charge is 0.248 e. The second-order valence-corrected chi connectivity index (χ2v) is 20.6. The third-order valence-corrected chi connectivity index (χ3v) is 16.0. The van der Waals surface area contributed by atoms with E-state index in [1.807, 2.05) is 11.3 Å². The minimum Gasteiger partial charge on any atom is -0.311 e. The fraction of sp³-hybridized carbons (Fsp3) is 0.0938. The number of nitrogens with zero attached hydrogens (tertiary/aromatic N) is 3. The molecule has 0 atom stereocenters. The van der Waals surface area contributed by atoms with Crippen molar-refractivity contribution in [2.24, 2.45) is 0 Å². The Morgan fingerprint density at radius 1 is 0.493 bits per heavy atom. The number of thiophene rings is 1. The van der Waals surface area contributed by atoms with Crippen molar-refractivity contribution in [2.45, 2.75) is 40.0 Å². The Labute approximate surface area is 410 Å². The third kappa shape index (κ3) is 6.48. The van der Waals surface area contributed by atoms with E-state index in [2.05, 4.69) is 262 Å². The molecule has 0 N–H and O–H groups in total. The maximum Gasteiger partial charge on any atom is 0.248 e. The summed E-state index contributed by atoms with van der Waals surface area (Å²) in [5.74, 6) is 0. The largest absolute Gasteiger partial charge is 0.311 e. The summed E-state index contributed by atoms with van der Waals surface area (Å²) in [7, 11) is 0. The Morgan fingerprint density at radius 2 is 1.12 bits per heavy atom. The van der Waals surface area contributed by atoms with Crippen molar-refractivity contribution in [2.75, 3.05) is 14.7 Å². The maximum atomic E-state index is 2.66. The number of rotatable bonds is 7. The normalized spacial score (nSPS) is 14.1. The molecular weight excluding hydrogens is 854 g/mol. The fourth-order valence-electron chi connectivity index (χ4n) is 11.9. The van der Waals surface area contributed by atoms with Crippen molar-refractivity contribution in [3.8, 4) is 21.6 Å². The highest BCUT2D eigenvalue weighted by Gasteiger charge is 2.53. The van der Waals surface area contributed by atoms with Gasteiger partial charge in [-0.1, -0.05) is 153 Å². The molecule has 0 radical (unpaired) electrons. The fourth-order valence-corrected chi connectivity index (χ4v) is 12.9. The molecule has 0 saturated carbocycles. The molecule has 0 spiro atoms. The van der Waals surface area contributed by atoms with Crippen molar-refractivity contribution < 1.29 is 0 Å². The van der Waals surface area contributed by atoms with Gasteiger partial charge in [-0.05, 0) is 155 Å². The van der Waals surface area contributed by atoms with E-state index in [-0.39, 0.29) is 12.1 Å². The van der Waals surface area contributed by atoms with E-state index < -0.39 is 0 Å². The first-order valence-electron chi connectivity index (χ1n) is 24.1. The van der Waals surface area contributed by atoms with Gasteiger partial charge >= 0.3 is 0 Å². The summed E-state index contributed by atoms with van der Waals surface area (Å²) in [5, 5.41) is 1.28. The summed E-state index contributed by atoms with van der Waals surface area (Å²) in [6.07, 6.45) is 0. The van der Waals surface area contributed by atoms with E-state index >= 15 is 0 Å². The average Bonchev–Trinajstić information content (AvgIpc) is 3.92. The number of aryl methyl sites for hydroxylation is 3. The predicted molar refractivity (Wildman–Crippen MR) is 296 cm³/mol. The van der Waals surface area contributed by atoms with Crippen molar-refractivity contribution in [3.05, 3.63) is 246 Å². The number of hydrogen-bond donors (Lipinski definition) is 0. The van der Waals surface area contributed by atoms with Crippen LogP contribution in [0.2, 0.25) is 0 Å². The standard InChI is InChI=1S/C64H50BN3S/c1-41-34-56-60-57(35-41)68(61-42(2)20-19-21-43(61)3)55-40-50(66(48-25-11-7-12-26-48)49-27-13-8-14-28-49)32-33-54(55)65(60)63-62(52-29-16-17-30-53(52)64(63,4)5)67(56)51-37-46(44-22-9-6-10-23-44)36-47(38-51)59-39-45-24-15-18-31-58(45)69-59/h6-40H,1-5H3. The summed E-state index contributed by atoms with van der Waals surface area (Å²) >= 11 is 1.87. The number of anilines is 8. The van der Waals surface area contributed by atoms with Crippen LogP contribution in [-0.2, 0) is 5.41 Å². The lowest BCUT2D eigenvalue weighted by atomic mass is 9.30. The van der Waals surface area contributed by atoms with Crippen molar-refractivity contribution in [3.63, 3.8) is 0 Å². The van der Waals surface area contributed by atoms with Crippen LogP contribution in [0.25, 0.3) is 37.4 Å². The summed E-state index contributed by atoms with van der Waals surface area (Å²) in [6.45, 7) is 11.7. The predicted octanol–water partition coefficient (Wildman–Crippen LogP) is 16.4. The van der Waals surface area contributed by atoms with Gasteiger partial charge in [-0.2, -0.15) is 0 Å². The molecule has 13 rings (SSSR count). The molecule has 2 aliphatic heterocycles. The highest BCUT2D eigenvalue weighted by molar-refractivity contribution is 7.22. The first-order valence-corrected chi connectivity index (χ1v) is 24.9. The van der Waals surface area contributed by atoms with Gasteiger partial charge in [-0.25, -0.2) is 0 Å². The van der Waals surface area contributed by atoms with Crippen molar-refractivity contribution >= 4 is 90.3 Å². The monoisotopic (exact) mass is 903 g/mol. The lowest BCUT2D eigenvalue weighted by Gasteiger charge is -2.47. The van der Waals surface area contributed by atoms with E-state index in [9.17, 15) is 0 Å². The van der Waals surface area contributed by atoms with Gasteiger partial charge in [-0.15, -0.1) is 11.3 Å². The molecule has 3 nitrogen and oxygen atoms in total. The van der Waals surface area contributed by atoms with E-state index in [0.717, 1.165) is 22.7 Å². The molecule has 69 heavy (non-hydrogen) atoms. The summed E-state index contributed by atoms with van der Waals surface area (Å²) in [6, 6.07) is 79.1. The number of allylic oxidation sites excluding steroid dienone is 1. The lowest BCUT2D eigenvalue weighted by molar-refractivity contribution is 0.666. The van der Waals surface area contributed by atoms with E-state index in [1.165, 1.54) is 104 Å². The Balaban J connectivity index is 1.12. The molecular formula is C64H50BN3S. The molecule has 0 saturated heterocycles. The summed E-state index contributed by atoms with van der Waals surface area (Å²) < 4.78 is 1.30. The van der Waals surface area contributed by atoms with Crippen LogP contribution >= 0.6 is 11.3 Å². The van der Waals surface area contributed by atoms with Gasteiger partial charge in [0.05, 0.1) is 5.69 Å². The molecule has 10 aromatic rings. The van der Waals surface area contributed by atoms with Crippen LogP contribution in [0.4, 0.5) is 45.5 Å². The van der Waals surface area contributed by atoms with Gasteiger partial charge in [0.1, 0.15) is 0 Å². The molecule has 9 aromatic carbocycles. The van der Waals surface area contributed by atoms with Crippen molar-refractivity contribution in [1.29, 1.82) is 0 Å². The van der Waals surface area contributed by atoms with E-state index in [4.69, 9.17) is 0 Å². The number of hydrogen-bond acceptors (Lipinski definition) is 4. The zero-order chi connectivity index (χ0) is 46.5. The van der Waals surface area contributed by atoms with Crippen LogP contribution < -0.4 is 25.6 Å². The Kier molecular flexibility index (Phi) is 9.51. The highest BCUT2D eigenvalue weighted by atomic mass is 32.1. The van der Waals surface area contributed by atoms with Gasteiger partial charge in [0.15, 0.2) is 0 Å².